The third kappa shape index (κ3) is 7.69. The molecular weight excluding hydrogens is 593 g/mol. The van der Waals surface area contributed by atoms with Crippen LogP contribution in [-0.2, 0) is 26.2 Å². The van der Waals surface area contributed by atoms with Gasteiger partial charge in [-0.1, -0.05) is 59.1 Å². The van der Waals surface area contributed by atoms with Gasteiger partial charge in [0.1, 0.15) is 12.6 Å². The van der Waals surface area contributed by atoms with Gasteiger partial charge in [0.25, 0.3) is 10.0 Å². The number of carbonyl (C=O) groups excluding carboxylic acids is 2. The van der Waals surface area contributed by atoms with E-state index < -0.39 is 40.0 Å². The zero-order valence-corrected chi connectivity index (χ0v) is 26.0. The highest BCUT2D eigenvalue weighted by atomic mass is 35.5. The van der Waals surface area contributed by atoms with Crippen LogP contribution in [0.25, 0.3) is 0 Å². The van der Waals surface area contributed by atoms with E-state index in [0.717, 1.165) is 4.31 Å². The van der Waals surface area contributed by atoms with Gasteiger partial charge in [-0.2, -0.15) is 0 Å². The second-order valence-electron chi connectivity index (χ2n) is 10.4. The summed E-state index contributed by atoms with van der Waals surface area (Å²) in [7, 11) is -4.21. The number of para-hydroxylation sites is 1. The Morgan fingerprint density at radius 1 is 0.900 bits per heavy atom. The van der Waals surface area contributed by atoms with E-state index in [1.807, 2.05) is 20.8 Å². The fourth-order valence-electron chi connectivity index (χ4n) is 4.00. The predicted octanol–water partition coefficient (Wildman–Crippen LogP) is 6.48. The van der Waals surface area contributed by atoms with Gasteiger partial charge in [0.15, 0.2) is 0 Å². The van der Waals surface area contributed by atoms with E-state index in [9.17, 15) is 18.0 Å². The Labute approximate surface area is 251 Å². The number of nitrogens with one attached hydrogen (secondary N) is 1. The molecule has 0 aliphatic carbocycles. The van der Waals surface area contributed by atoms with Crippen molar-refractivity contribution in [2.45, 2.75) is 57.6 Å². The van der Waals surface area contributed by atoms with Crippen LogP contribution in [-0.4, -0.2) is 43.3 Å². The van der Waals surface area contributed by atoms with Crippen molar-refractivity contribution in [2.75, 3.05) is 10.8 Å². The van der Waals surface area contributed by atoms with Crippen LogP contribution in [0.4, 0.5) is 5.69 Å². The van der Waals surface area contributed by atoms with Crippen LogP contribution >= 0.6 is 34.8 Å². The highest BCUT2D eigenvalue weighted by molar-refractivity contribution is 7.92. The number of benzene rings is 3. The number of carbonyl (C=O) groups is 2. The topological polar surface area (TPSA) is 86.8 Å². The molecule has 11 heteroatoms. The Hall–Kier alpha value is -2.78. The lowest BCUT2D eigenvalue weighted by Crippen LogP contribution is -2.54. The highest BCUT2D eigenvalue weighted by Crippen LogP contribution is 2.30. The first-order valence-electron chi connectivity index (χ1n) is 12.5. The van der Waals surface area contributed by atoms with Gasteiger partial charge < -0.3 is 10.2 Å². The van der Waals surface area contributed by atoms with Gasteiger partial charge in [0, 0.05) is 32.7 Å². The largest absolute Gasteiger partial charge is 0.350 e. The molecule has 0 spiro atoms. The van der Waals surface area contributed by atoms with Crippen molar-refractivity contribution in [3.8, 4) is 0 Å². The first-order chi connectivity index (χ1) is 18.6. The molecule has 7 nitrogen and oxygen atoms in total. The number of sulfonamides is 1. The van der Waals surface area contributed by atoms with Gasteiger partial charge in [-0.15, -0.1) is 0 Å². The maximum absolute atomic E-state index is 14.0. The molecule has 0 aliphatic heterocycles. The summed E-state index contributed by atoms with van der Waals surface area (Å²) in [4.78, 5) is 28.5. The lowest BCUT2D eigenvalue weighted by atomic mass is 10.1. The normalized spacial score (nSPS) is 12.5. The van der Waals surface area contributed by atoms with Crippen molar-refractivity contribution < 1.29 is 18.0 Å². The summed E-state index contributed by atoms with van der Waals surface area (Å²) in [6.45, 7) is 8.12. The third-order valence-electron chi connectivity index (χ3n) is 6.12. The van der Waals surface area contributed by atoms with E-state index >= 15 is 0 Å². The lowest BCUT2D eigenvalue weighted by Gasteiger charge is -2.34. The number of anilines is 1. The van der Waals surface area contributed by atoms with Gasteiger partial charge >= 0.3 is 0 Å². The van der Waals surface area contributed by atoms with E-state index in [2.05, 4.69) is 5.32 Å². The van der Waals surface area contributed by atoms with E-state index in [4.69, 9.17) is 34.8 Å². The Morgan fingerprint density at radius 3 is 2.02 bits per heavy atom. The quantitative estimate of drug-likeness (QED) is 0.295. The van der Waals surface area contributed by atoms with Gasteiger partial charge in [-0.25, -0.2) is 8.42 Å². The molecule has 214 valence electrons. The number of aryl methyl sites for hydroxylation is 1. The zero-order valence-electron chi connectivity index (χ0n) is 22.9. The van der Waals surface area contributed by atoms with Gasteiger partial charge in [0.05, 0.1) is 10.6 Å². The summed E-state index contributed by atoms with van der Waals surface area (Å²) in [6.07, 6.45) is 0. The summed E-state index contributed by atoms with van der Waals surface area (Å²) in [5.41, 5.74) is 0.852. The second kappa shape index (κ2) is 12.8. The summed E-state index contributed by atoms with van der Waals surface area (Å²) in [5.74, 6) is -1.03. The van der Waals surface area contributed by atoms with Crippen LogP contribution in [0.1, 0.15) is 38.8 Å². The van der Waals surface area contributed by atoms with E-state index in [-0.39, 0.29) is 11.4 Å². The number of hydrogen-bond donors (Lipinski definition) is 1. The molecule has 0 heterocycles. The fraction of sp³-hybridized carbons (Fsp3) is 0.310. The average Bonchev–Trinajstić information content (AvgIpc) is 2.86. The molecule has 0 fully saturated rings. The first-order valence-corrected chi connectivity index (χ1v) is 15.1. The Balaban J connectivity index is 2.09. The maximum atomic E-state index is 14.0. The van der Waals surface area contributed by atoms with Gasteiger partial charge in [-0.05, 0) is 82.6 Å². The van der Waals surface area contributed by atoms with Crippen LogP contribution in [0.15, 0.2) is 71.6 Å². The minimum Gasteiger partial charge on any atom is -0.350 e. The molecule has 0 aromatic heterocycles. The standard InChI is InChI=1S/C29H32Cl3N3O4S/c1-19-9-6-7-12-26(19)35(40(38,39)22-15-13-21(30)14-16-22)18-27(36)34(20(2)28(37)33-29(3,4)5)17-23-24(31)10-8-11-25(23)32/h6-16,20H,17-18H2,1-5H3,(H,33,37)/t20-/m1/s1. The van der Waals surface area contributed by atoms with Crippen molar-refractivity contribution in [1.82, 2.24) is 10.2 Å². The fourth-order valence-corrected chi connectivity index (χ4v) is 6.12. The Bertz CT molecular complexity index is 1470. The molecule has 1 N–H and O–H groups in total. The molecular formula is C29H32Cl3N3O4S. The molecule has 0 saturated carbocycles. The molecule has 0 saturated heterocycles. The average molecular weight is 625 g/mol. The number of hydrogen-bond acceptors (Lipinski definition) is 4. The van der Waals surface area contributed by atoms with Gasteiger partial charge in [-0.3, -0.25) is 13.9 Å². The molecule has 0 radical (unpaired) electrons. The monoisotopic (exact) mass is 623 g/mol. The number of halogens is 3. The Kier molecular flexibility index (Phi) is 10.2. The van der Waals surface area contributed by atoms with E-state index in [1.54, 1.807) is 56.3 Å². The van der Waals surface area contributed by atoms with Crippen LogP contribution in [0.2, 0.25) is 15.1 Å². The maximum Gasteiger partial charge on any atom is 0.264 e. The minimum atomic E-state index is -4.21. The van der Waals surface area contributed by atoms with E-state index in [1.165, 1.54) is 29.2 Å². The van der Waals surface area contributed by atoms with Crippen molar-refractivity contribution in [1.29, 1.82) is 0 Å². The second-order valence-corrected chi connectivity index (χ2v) is 13.5. The minimum absolute atomic E-state index is 0.0350. The summed E-state index contributed by atoms with van der Waals surface area (Å²) in [6, 6.07) is 16.5. The highest BCUT2D eigenvalue weighted by Gasteiger charge is 2.34. The van der Waals surface area contributed by atoms with E-state index in [0.29, 0.717) is 31.9 Å². The van der Waals surface area contributed by atoms with Crippen molar-refractivity contribution in [2.24, 2.45) is 0 Å². The van der Waals surface area contributed by atoms with Gasteiger partial charge in [0.2, 0.25) is 11.8 Å². The lowest BCUT2D eigenvalue weighted by molar-refractivity contribution is -0.140. The molecule has 3 aromatic carbocycles. The number of nitrogens with zero attached hydrogens (tertiary/aromatic N) is 2. The van der Waals surface area contributed by atoms with Crippen LogP contribution in [0.5, 0.6) is 0 Å². The molecule has 0 unspecified atom stereocenters. The van der Waals surface area contributed by atoms with Crippen molar-refractivity contribution in [3.63, 3.8) is 0 Å². The summed E-state index contributed by atoms with van der Waals surface area (Å²) in [5, 5.41) is 3.89. The number of amides is 2. The van der Waals surface area contributed by atoms with Crippen LogP contribution in [0.3, 0.4) is 0 Å². The molecule has 40 heavy (non-hydrogen) atoms. The van der Waals surface area contributed by atoms with Crippen LogP contribution < -0.4 is 9.62 Å². The van der Waals surface area contributed by atoms with Crippen molar-refractivity contribution in [3.05, 3.63) is 92.9 Å². The zero-order chi connectivity index (χ0) is 29.8. The number of rotatable bonds is 9. The summed E-state index contributed by atoms with van der Waals surface area (Å²) >= 11 is 18.8. The first kappa shape index (κ1) is 31.7. The Morgan fingerprint density at radius 2 is 1.48 bits per heavy atom. The van der Waals surface area contributed by atoms with Crippen LogP contribution in [0, 0.1) is 6.92 Å². The molecule has 3 rings (SSSR count). The SMILES string of the molecule is Cc1ccccc1N(CC(=O)N(Cc1c(Cl)cccc1Cl)[C@H](C)C(=O)NC(C)(C)C)S(=O)(=O)c1ccc(Cl)cc1. The molecule has 0 aliphatic rings. The van der Waals surface area contributed by atoms with Crippen molar-refractivity contribution >= 4 is 62.3 Å². The molecule has 1 atom stereocenters. The predicted molar refractivity (Wildman–Crippen MR) is 162 cm³/mol. The summed E-state index contributed by atoms with van der Waals surface area (Å²) < 4.78 is 28.9. The molecule has 0 bridgehead atoms. The molecule has 3 aromatic rings. The third-order valence-corrected chi connectivity index (χ3v) is 8.85. The smallest absolute Gasteiger partial charge is 0.264 e. The molecule has 2 amide bonds.